The number of nitrogens with two attached hydrogens (primary N) is 1. The molecule has 1 aliphatic carbocycles. The number of urea groups is 1. The number of carbonyl (C=O) groups is 1. The standard InChI is InChI=1S/C38H52N8O4/c1-6-8-20-45(7-2)36(41)46-25-28(16-19-34(46)40)50-32-18-17-31(29-14-9-10-15-30(29)32)43-37(48)44-35(24-33(39)38(3,4)5)42-26-12-11-13-27(23-26)49-22-21-47/h9-16,19,23-25,31-32,40-41,47H,6-8,17-18,20-22,39H2,1-5H3,(H2,42,43,44,48)/b33-24-,40-34?,41-36?. The van der Waals surface area contributed by atoms with Gasteiger partial charge in [0, 0.05) is 36.3 Å². The van der Waals surface area contributed by atoms with Crippen molar-refractivity contribution in [1.29, 1.82) is 10.8 Å². The minimum atomic E-state index is -0.428. The van der Waals surface area contributed by atoms with Crippen molar-refractivity contribution < 1.29 is 19.4 Å². The van der Waals surface area contributed by atoms with Crippen LogP contribution in [-0.4, -0.2) is 58.7 Å². The van der Waals surface area contributed by atoms with Crippen LogP contribution >= 0.6 is 0 Å². The van der Waals surface area contributed by atoms with Crippen molar-refractivity contribution in [2.45, 2.75) is 72.4 Å². The molecule has 4 rings (SSSR count). The maximum atomic E-state index is 13.5. The highest BCUT2D eigenvalue weighted by Gasteiger charge is 2.30. The number of fused-ring (bicyclic) bond motifs is 1. The highest BCUT2D eigenvalue weighted by Crippen LogP contribution is 2.38. The largest absolute Gasteiger partial charge is 0.491 e. The minimum absolute atomic E-state index is 0.107. The SMILES string of the molecule is CCCCN(CC)C(=N)n1cc(OC2CCC(NC(=O)NC(/C=C(\N)C(C)(C)C)=Nc3cccc(OCCO)c3)c3ccccc32)ccc1=N. The Balaban J connectivity index is 1.53. The molecule has 12 nitrogen and oxygen atoms in total. The average molecular weight is 685 g/mol. The molecule has 1 aliphatic rings. The average Bonchev–Trinajstić information content (AvgIpc) is 3.09. The summed E-state index contributed by atoms with van der Waals surface area (Å²) in [7, 11) is 0. The van der Waals surface area contributed by atoms with E-state index < -0.39 is 6.03 Å². The number of benzene rings is 2. The highest BCUT2D eigenvalue weighted by molar-refractivity contribution is 6.05. The van der Waals surface area contributed by atoms with Gasteiger partial charge in [-0.3, -0.25) is 20.7 Å². The number of rotatable bonds is 12. The maximum absolute atomic E-state index is 13.5. The second-order valence-corrected chi connectivity index (χ2v) is 13.3. The first-order valence-electron chi connectivity index (χ1n) is 17.3. The third kappa shape index (κ3) is 10.2. The van der Waals surface area contributed by atoms with Gasteiger partial charge in [-0.25, -0.2) is 9.79 Å². The number of ether oxygens (including phenoxy) is 2. The van der Waals surface area contributed by atoms with Gasteiger partial charge < -0.3 is 30.5 Å². The van der Waals surface area contributed by atoms with Gasteiger partial charge in [0.05, 0.1) is 24.5 Å². The Labute approximate surface area is 295 Å². The summed E-state index contributed by atoms with van der Waals surface area (Å²) in [4.78, 5) is 20.1. The topological polar surface area (TPSA) is 174 Å². The van der Waals surface area contributed by atoms with Crippen LogP contribution in [0.5, 0.6) is 11.5 Å². The summed E-state index contributed by atoms with van der Waals surface area (Å²) in [5, 5.41) is 32.4. The van der Waals surface area contributed by atoms with Crippen molar-refractivity contribution in [3.63, 3.8) is 0 Å². The number of amides is 2. The Morgan fingerprint density at radius 3 is 2.56 bits per heavy atom. The Morgan fingerprint density at radius 2 is 1.86 bits per heavy atom. The number of carbonyl (C=O) groups excluding carboxylic acids is 1. The van der Waals surface area contributed by atoms with E-state index in [-0.39, 0.29) is 48.1 Å². The normalized spacial score (nSPS) is 16.3. The molecule has 7 N–H and O–H groups in total. The molecule has 268 valence electrons. The van der Waals surface area contributed by atoms with E-state index in [1.165, 1.54) is 0 Å². The predicted octanol–water partition coefficient (Wildman–Crippen LogP) is 6.12. The van der Waals surface area contributed by atoms with Crippen LogP contribution in [0.1, 0.15) is 83.6 Å². The van der Waals surface area contributed by atoms with Gasteiger partial charge in [-0.05, 0) is 61.6 Å². The molecule has 2 unspecified atom stereocenters. The molecule has 2 amide bonds. The molecule has 12 heteroatoms. The summed E-state index contributed by atoms with van der Waals surface area (Å²) in [5.41, 5.74) is 9.26. The second kappa shape index (κ2) is 17.5. The number of amidine groups is 1. The lowest BCUT2D eigenvalue weighted by Gasteiger charge is -2.32. The van der Waals surface area contributed by atoms with Gasteiger partial charge in [-0.1, -0.05) is 64.4 Å². The number of aliphatic imine (C=N–C) groups is 1. The number of hydrogen-bond acceptors (Lipinski definition) is 8. The zero-order valence-corrected chi connectivity index (χ0v) is 29.8. The number of unbranched alkanes of at least 4 members (excludes halogenated alkanes) is 1. The van der Waals surface area contributed by atoms with Gasteiger partial charge in [0.2, 0.25) is 5.96 Å². The first-order valence-corrected chi connectivity index (χ1v) is 17.3. The van der Waals surface area contributed by atoms with E-state index in [1.807, 2.05) is 56.9 Å². The number of nitrogens with one attached hydrogen (secondary N) is 4. The van der Waals surface area contributed by atoms with Crippen molar-refractivity contribution in [2.75, 3.05) is 26.3 Å². The van der Waals surface area contributed by atoms with Crippen molar-refractivity contribution in [1.82, 2.24) is 20.1 Å². The molecular weight excluding hydrogens is 632 g/mol. The molecule has 0 saturated carbocycles. The van der Waals surface area contributed by atoms with E-state index in [4.69, 9.17) is 31.1 Å². The summed E-state index contributed by atoms with van der Waals surface area (Å²) in [6, 6.07) is 17.7. The molecule has 0 bridgehead atoms. The van der Waals surface area contributed by atoms with Crippen molar-refractivity contribution in [3.05, 3.63) is 95.2 Å². The number of allylic oxidation sites excluding steroid dienone is 1. The summed E-state index contributed by atoms with van der Waals surface area (Å²) in [6.07, 6.45) is 6.36. The molecule has 2 atom stereocenters. The smallest absolute Gasteiger partial charge is 0.320 e. The van der Waals surface area contributed by atoms with Gasteiger partial charge in [-0.2, -0.15) is 0 Å². The molecule has 2 aromatic carbocycles. The van der Waals surface area contributed by atoms with Gasteiger partial charge in [0.25, 0.3) is 0 Å². The Kier molecular flexibility index (Phi) is 13.2. The van der Waals surface area contributed by atoms with Crippen LogP contribution in [0.3, 0.4) is 0 Å². The molecule has 0 saturated heterocycles. The van der Waals surface area contributed by atoms with E-state index >= 15 is 0 Å². The van der Waals surface area contributed by atoms with Crippen LogP contribution in [0.15, 0.2) is 83.6 Å². The van der Waals surface area contributed by atoms with Gasteiger partial charge >= 0.3 is 6.03 Å². The summed E-state index contributed by atoms with van der Waals surface area (Å²) >= 11 is 0. The molecule has 0 radical (unpaired) electrons. The van der Waals surface area contributed by atoms with Crippen molar-refractivity contribution in [2.24, 2.45) is 16.1 Å². The Hall–Kier alpha value is -5.10. The fourth-order valence-corrected chi connectivity index (χ4v) is 5.54. The van der Waals surface area contributed by atoms with E-state index in [0.717, 1.165) is 30.5 Å². The fourth-order valence-electron chi connectivity index (χ4n) is 5.54. The maximum Gasteiger partial charge on any atom is 0.320 e. The second-order valence-electron chi connectivity index (χ2n) is 13.3. The lowest BCUT2D eigenvalue weighted by atomic mass is 9.85. The molecule has 50 heavy (non-hydrogen) atoms. The van der Waals surface area contributed by atoms with E-state index in [9.17, 15) is 4.79 Å². The van der Waals surface area contributed by atoms with Crippen LogP contribution in [0.25, 0.3) is 0 Å². The summed E-state index contributed by atoms with van der Waals surface area (Å²) < 4.78 is 13.6. The first kappa shape index (κ1) is 37.7. The van der Waals surface area contributed by atoms with Gasteiger partial charge in [0.15, 0.2) is 0 Å². The van der Waals surface area contributed by atoms with Gasteiger partial charge in [-0.15, -0.1) is 0 Å². The lowest BCUT2D eigenvalue weighted by molar-refractivity contribution is 0.171. The van der Waals surface area contributed by atoms with E-state index in [0.29, 0.717) is 42.3 Å². The lowest BCUT2D eigenvalue weighted by Crippen LogP contribution is -2.42. The quantitative estimate of drug-likeness (QED) is 0.0991. The molecule has 0 spiro atoms. The van der Waals surface area contributed by atoms with Crippen LogP contribution < -0.4 is 31.3 Å². The molecule has 0 aliphatic heterocycles. The number of aromatic nitrogens is 1. The number of pyridine rings is 1. The van der Waals surface area contributed by atoms with E-state index in [1.54, 1.807) is 53.2 Å². The molecule has 1 heterocycles. The molecular formula is C38H52N8O4. The van der Waals surface area contributed by atoms with Crippen LogP contribution in [0, 0.1) is 16.2 Å². The number of nitrogens with zero attached hydrogens (tertiary/aromatic N) is 3. The number of aliphatic hydroxyl groups is 1. The third-order valence-electron chi connectivity index (χ3n) is 8.46. The van der Waals surface area contributed by atoms with Crippen LogP contribution in [-0.2, 0) is 0 Å². The molecule has 3 aromatic rings. The van der Waals surface area contributed by atoms with Crippen LogP contribution in [0.2, 0.25) is 0 Å². The summed E-state index contributed by atoms with van der Waals surface area (Å²) in [5.74, 6) is 1.63. The minimum Gasteiger partial charge on any atom is -0.491 e. The van der Waals surface area contributed by atoms with Crippen molar-refractivity contribution >= 4 is 23.5 Å². The Morgan fingerprint density at radius 1 is 1.10 bits per heavy atom. The zero-order valence-electron chi connectivity index (χ0n) is 29.8. The summed E-state index contributed by atoms with van der Waals surface area (Å²) in [6.45, 7) is 11.6. The van der Waals surface area contributed by atoms with Crippen LogP contribution in [0.4, 0.5) is 10.5 Å². The molecule has 0 fully saturated rings. The monoisotopic (exact) mass is 684 g/mol. The van der Waals surface area contributed by atoms with Crippen molar-refractivity contribution in [3.8, 4) is 11.5 Å². The fraction of sp³-hybridized carbons (Fsp3) is 0.421. The predicted molar refractivity (Wildman–Crippen MR) is 197 cm³/mol. The Bertz CT molecular complexity index is 1740. The van der Waals surface area contributed by atoms with E-state index in [2.05, 4.69) is 22.5 Å². The molecule has 1 aromatic heterocycles. The van der Waals surface area contributed by atoms with Gasteiger partial charge in [0.1, 0.15) is 35.5 Å². The highest BCUT2D eigenvalue weighted by atomic mass is 16.5. The zero-order chi connectivity index (χ0) is 36.3. The first-order chi connectivity index (χ1) is 23.9. The number of aliphatic hydroxyl groups excluding tert-OH is 1. The third-order valence-corrected chi connectivity index (χ3v) is 8.46. The number of hydrogen-bond donors (Lipinski definition) is 6.